The molecule has 4 rings (SSSR count). The summed E-state index contributed by atoms with van der Waals surface area (Å²) >= 11 is 0. The van der Waals surface area contributed by atoms with Crippen LogP contribution in [0.1, 0.15) is 35.5 Å². The van der Waals surface area contributed by atoms with Gasteiger partial charge in [-0.25, -0.2) is 4.98 Å². The summed E-state index contributed by atoms with van der Waals surface area (Å²) in [7, 11) is -1.29. The molecule has 1 N–H and O–H groups in total. The molecule has 1 atom stereocenters. The lowest BCUT2D eigenvalue weighted by Crippen LogP contribution is -2.36. The van der Waals surface area contributed by atoms with Gasteiger partial charge in [0.05, 0.1) is 41.2 Å². The van der Waals surface area contributed by atoms with Gasteiger partial charge < -0.3 is 19.2 Å². The molecule has 0 radical (unpaired) electrons. The van der Waals surface area contributed by atoms with Crippen LogP contribution in [-0.4, -0.2) is 45.3 Å². The van der Waals surface area contributed by atoms with Crippen molar-refractivity contribution in [3.05, 3.63) is 34.9 Å². The Balaban J connectivity index is 1.37. The number of aromatic amines is 1. The van der Waals surface area contributed by atoms with E-state index < -0.39 is 10.8 Å². The van der Waals surface area contributed by atoms with Gasteiger partial charge in [0.1, 0.15) is 12.4 Å². The molecule has 8 heteroatoms. The number of hydrogen-bond donors (Lipinski definition) is 1. The van der Waals surface area contributed by atoms with E-state index in [1.807, 2.05) is 26.8 Å². The Kier molecular flexibility index (Phi) is 5.05. The van der Waals surface area contributed by atoms with Crippen molar-refractivity contribution in [3.63, 3.8) is 0 Å². The smallest absolute Gasteiger partial charge is 0.197 e. The van der Waals surface area contributed by atoms with Gasteiger partial charge >= 0.3 is 0 Å². The first-order valence-corrected chi connectivity index (χ1v) is 10.5. The Bertz CT molecular complexity index is 833. The van der Waals surface area contributed by atoms with Crippen LogP contribution in [0, 0.1) is 26.2 Å². The van der Waals surface area contributed by atoms with E-state index in [1.165, 1.54) is 12.8 Å². The normalized spacial score (nSPS) is 20.0. The quantitative estimate of drug-likeness (QED) is 0.814. The molecular weight excluding hydrogens is 366 g/mol. The highest BCUT2D eigenvalue weighted by Crippen LogP contribution is 2.48. The summed E-state index contributed by atoms with van der Waals surface area (Å²) < 4.78 is 30.0. The molecule has 1 saturated carbocycles. The number of nitrogens with one attached hydrogen (secondary N) is 1. The van der Waals surface area contributed by atoms with Crippen molar-refractivity contribution in [3.8, 4) is 5.75 Å². The van der Waals surface area contributed by atoms with Crippen molar-refractivity contribution in [2.24, 2.45) is 5.41 Å². The number of hydrogen-bond acceptors (Lipinski definition) is 6. The van der Waals surface area contributed by atoms with Gasteiger partial charge in [-0.3, -0.25) is 9.19 Å². The number of nitrogens with zero attached hydrogens (tertiary/aromatic N) is 2. The SMILES string of the molecule is Cc1nc(S(=O)Cc2nccc(OCC3OCC4(CC4)CO3)c2C)[nH]c1C. The second kappa shape index (κ2) is 7.33. The molecule has 3 heterocycles. The van der Waals surface area contributed by atoms with Crippen molar-refractivity contribution in [1.29, 1.82) is 0 Å². The third-order valence-electron chi connectivity index (χ3n) is 5.33. The van der Waals surface area contributed by atoms with Gasteiger partial charge in [0.15, 0.2) is 11.4 Å². The van der Waals surface area contributed by atoms with Crippen molar-refractivity contribution < 1.29 is 18.4 Å². The fraction of sp³-hybridized carbons (Fsp3) is 0.579. The van der Waals surface area contributed by atoms with E-state index in [9.17, 15) is 4.21 Å². The number of aromatic nitrogens is 3. The fourth-order valence-electron chi connectivity index (χ4n) is 3.02. The summed E-state index contributed by atoms with van der Waals surface area (Å²) in [5, 5.41) is 0.482. The molecule has 0 amide bonds. The Labute approximate surface area is 161 Å². The van der Waals surface area contributed by atoms with E-state index in [0.29, 0.717) is 17.5 Å². The standard InChI is InChI=1S/C19H25N3O4S/c1-12-15(9-27(23)18-21-13(2)14(3)22-18)20-7-4-16(12)24-8-17-25-10-19(5-6-19)11-26-17/h4,7,17H,5-6,8-11H2,1-3H3,(H,21,22). The predicted octanol–water partition coefficient (Wildman–Crippen LogP) is 2.57. The van der Waals surface area contributed by atoms with E-state index >= 15 is 0 Å². The molecule has 27 heavy (non-hydrogen) atoms. The van der Waals surface area contributed by atoms with Gasteiger partial charge in [-0.05, 0) is 39.7 Å². The van der Waals surface area contributed by atoms with Crippen LogP contribution in [0.5, 0.6) is 5.75 Å². The number of H-pyrrole nitrogens is 1. The van der Waals surface area contributed by atoms with Crippen molar-refractivity contribution in [2.75, 3.05) is 19.8 Å². The molecular formula is C19H25N3O4S. The van der Waals surface area contributed by atoms with Gasteiger partial charge in [-0.15, -0.1) is 0 Å². The summed E-state index contributed by atoms with van der Waals surface area (Å²) in [6.07, 6.45) is 3.73. The molecule has 1 spiro atoms. The number of pyridine rings is 1. The maximum Gasteiger partial charge on any atom is 0.197 e. The summed E-state index contributed by atoms with van der Waals surface area (Å²) in [6.45, 7) is 7.58. The van der Waals surface area contributed by atoms with E-state index in [0.717, 1.165) is 35.9 Å². The minimum atomic E-state index is -1.29. The van der Waals surface area contributed by atoms with Crippen LogP contribution in [0.4, 0.5) is 0 Å². The molecule has 0 bridgehead atoms. The zero-order valence-electron chi connectivity index (χ0n) is 15.9. The zero-order valence-corrected chi connectivity index (χ0v) is 16.7. The van der Waals surface area contributed by atoms with Crippen LogP contribution in [-0.2, 0) is 26.0 Å². The van der Waals surface area contributed by atoms with Gasteiger partial charge in [0, 0.05) is 22.9 Å². The molecule has 1 aliphatic carbocycles. The first-order valence-electron chi connectivity index (χ1n) is 9.18. The molecule has 146 valence electrons. The topological polar surface area (TPSA) is 86.3 Å². The van der Waals surface area contributed by atoms with Crippen LogP contribution in [0.25, 0.3) is 0 Å². The van der Waals surface area contributed by atoms with E-state index in [4.69, 9.17) is 14.2 Å². The summed E-state index contributed by atoms with van der Waals surface area (Å²) in [4.78, 5) is 11.8. The number of ether oxygens (including phenoxy) is 3. The maximum absolute atomic E-state index is 12.6. The molecule has 0 aromatic carbocycles. The third-order valence-corrected chi connectivity index (χ3v) is 6.49. The number of rotatable bonds is 6. The molecule has 2 aliphatic rings. The van der Waals surface area contributed by atoms with Gasteiger partial charge in [-0.1, -0.05) is 0 Å². The van der Waals surface area contributed by atoms with Crippen LogP contribution in [0.2, 0.25) is 0 Å². The minimum absolute atomic E-state index is 0.281. The summed E-state index contributed by atoms with van der Waals surface area (Å²) in [5.41, 5.74) is 3.68. The molecule has 2 fully saturated rings. The Morgan fingerprint density at radius 2 is 2.04 bits per heavy atom. The molecule has 7 nitrogen and oxygen atoms in total. The molecule has 2 aromatic rings. The Morgan fingerprint density at radius 3 is 2.67 bits per heavy atom. The van der Waals surface area contributed by atoms with E-state index in [2.05, 4.69) is 15.0 Å². The second-order valence-corrected chi connectivity index (χ2v) is 8.85. The highest BCUT2D eigenvalue weighted by atomic mass is 32.2. The van der Waals surface area contributed by atoms with Gasteiger partial charge in [0.25, 0.3) is 0 Å². The predicted molar refractivity (Wildman–Crippen MR) is 100 cm³/mol. The maximum atomic E-state index is 12.6. The fourth-order valence-corrected chi connectivity index (χ4v) is 4.21. The van der Waals surface area contributed by atoms with Crippen LogP contribution in [0.15, 0.2) is 17.4 Å². The van der Waals surface area contributed by atoms with Crippen LogP contribution >= 0.6 is 0 Å². The average Bonchev–Trinajstić information content (AvgIpc) is 3.33. The molecule has 2 aromatic heterocycles. The van der Waals surface area contributed by atoms with E-state index in [1.54, 1.807) is 6.20 Å². The Hall–Kier alpha value is -1.77. The van der Waals surface area contributed by atoms with Crippen molar-refractivity contribution in [2.45, 2.75) is 50.8 Å². The van der Waals surface area contributed by atoms with E-state index in [-0.39, 0.29) is 17.5 Å². The van der Waals surface area contributed by atoms with Crippen LogP contribution in [0.3, 0.4) is 0 Å². The van der Waals surface area contributed by atoms with Crippen LogP contribution < -0.4 is 4.74 Å². The third kappa shape index (κ3) is 4.07. The monoisotopic (exact) mass is 391 g/mol. The van der Waals surface area contributed by atoms with Crippen molar-refractivity contribution >= 4 is 10.8 Å². The first-order chi connectivity index (χ1) is 13.0. The van der Waals surface area contributed by atoms with Gasteiger partial charge in [0.2, 0.25) is 0 Å². The second-order valence-electron chi connectivity index (χ2n) is 7.49. The highest BCUT2D eigenvalue weighted by molar-refractivity contribution is 7.84. The zero-order chi connectivity index (χ0) is 19.0. The largest absolute Gasteiger partial charge is 0.488 e. The van der Waals surface area contributed by atoms with Crippen molar-refractivity contribution in [1.82, 2.24) is 15.0 Å². The first kappa shape index (κ1) is 18.6. The molecule has 1 aliphatic heterocycles. The lowest BCUT2D eigenvalue weighted by molar-refractivity contribution is -0.217. The highest BCUT2D eigenvalue weighted by Gasteiger charge is 2.47. The lowest BCUT2D eigenvalue weighted by Gasteiger charge is -2.29. The minimum Gasteiger partial charge on any atom is -0.488 e. The molecule has 1 saturated heterocycles. The molecule has 1 unspecified atom stereocenters. The van der Waals surface area contributed by atoms with Gasteiger partial charge in [-0.2, -0.15) is 0 Å². The summed E-state index contributed by atoms with van der Waals surface area (Å²) in [5.74, 6) is 0.997. The Morgan fingerprint density at radius 1 is 1.30 bits per heavy atom. The summed E-state index contributed by atoms with van der Waals surface area (Å²) in [6, 6.07) is 1.81. The lowest BCUT2D eigenvalue weighted by atomic mass is 10.1. The average molecular weight is 391 g/mol. The number of aryl methyl sites for hydroxylation is 2. The number of imidazole rings is 1.